The number of rotatable bonds is 3. The van der Waals surface area contributed by atoms with E-state index >= 15 is 0 Å². The van der Waals surface area contributed by atoms with Crippen LogP contribution in [0.3, 0.4) is 0 Å². The van der Waals surface area contributed by atoms with Gasteiger partial charge in [-0.2, -0.15) is 0 Å². The van der Waals surface area contributed by atoms with Crippen LogP contribution in [0.5, 0.6) is 0 Å². The van der Waals surface area contributed by atoms with Crippen molar-refractivity contribution < 1.29 is 13.8 Å². The lowest BCUT2D eigenvalue weighted by atomic mass is 10.1. The van der Waals surface area contributed by atoms with E-state index in [1.165, 1.54) is 4.90 Å². The minimum absolute atomic E-state index is 0.0885. The third-order valence-electron chi connectivity index (χ3n) is 3.39. The second-order valence-electron chi connectivity index (χ2n) is 4.52. The third-order valence-corrected chi connectivity index (χ3v) is 4.77. The summed E-state index contributed by atoms with van der Waals surface area (Å²) in [6, 6.07) is -0.134. The lowest BCUT2D eigenvalue weighted by Gasteiger charge is -2.25. The van der Waals surface area contributed by atoms with Gasteiger partial charge in [-0.1, -0.05) is 0 Å². The Kier molecular flexibility index (Phi) is 3.93. The molecular weight excluding hydrogens is 240 g/mol. The second kappa shape index (κ2) is 5.27. The number of nitrogens with zero attached hydrogens (tertiary/aromatic N) is 1. The zero-order valence-electron chi connectivity index (χ0n) is 9.98. The zero-order chi connectivity index (χ0) is 12.4. The maximum absolute atomic E-state index is 11.9. The number of likely N-dealkylation sites (tertiary alicyclic amines) is 1. The van der Waals surface area contributed by atoms with Gasteiger partial charge in [-0.05, 0) is 19.8 Å². The molecule has 1 N–H and O–H groups in total. The van der Waals surface area contributed by atoms with Crippen molar-refractivity contribution in [3.05, 3.63) is 0 Å². The molecular formula is C11H18N2O3S. The van der Waals surface area contributed by atoms with Crippen LogP contribution in [0.4, 0.5) is 0 Å². The Hall–Kier alpha value is -0.750. The molecule has 0 aliphatic carbocycles. The molecule has 2 saturated heterocycles. The van der Waals surface area contributed by atoms with Crippen LogP contribution in [0.15, 0.2) is 0 Å². The number of hydrogen-bond donors (Lipinski definition) is 1. The zero-order valence-corrected chi connectivity index (χ0v) is 10.8. The molecule has 6 heteroatoms. The first kappa shape index (κ1) is 12.7. The number of imide groups is 1. The highest BCUT2D eigenvalue weighted by Gasteiger charge is 2.38. The number of carbonyl (C=O) groups excluding carboxylic acids is 2. The molecule has 2 fully saturated rings. The van der Waals surface area contributed by atoms with E-state index in [9.17, 15) is 13.8 Å². The molecule has 17 heavy (non-hydrogen) atoms. The van der Waals surface area contributed by atoms with Crippen LogP contribution in [0.2, 0.25) is 0 Å². The number of nitrogens with one attached hydrogen (secondary N) is 1. The highest BCUT2D eigenvalue weighted by atomic mass is 32.2. The summed E-state index contributed by atoms with van der Waals surface area (Å²) >= 11 is 0. The fraction of sp³-hybridized carbons (Fsp3) is 0.818. The van der Waals surface area contributed by atoms with Gasteiger partial charge in [0.15, 0.2) is 0 Å². The second-order valence-corrected chi connectivity index (χ2v) is 6.22. The maximum Gasteiger partial charge on any atom is 0.246 e. The minimum atomic E-state index is -0.691. The van der Waals surface area contributed by atoms with Gasteiger partial charge in [-0.15, -0.1) is 0 Å². The van der Waals surface area contributed by atoms with E-state index in [2.05, 4.69) is 5.32 Å². The van der Waals surface area contributed by atoms with E-state index < -0.39 is 10.8 Å². The molecule has 0 radical (unpaired) electrons. The van der Waals surface area contributed by atoms with Crippen LogP contribution < -0.4 is 5.32 Å². The smallest absolute Gasteiger partial charge is 0.246 e. The topological polar surface area (TPSA) is 66.5 Å². The number of likely N-dealkylation sites (N-methyl/N-ethyl adjacent to an activating group) is 1. The third kappa shape index (κ3) is 2.74. The van der Waals surface area contributed by atoms with Crippen molar-refractivity contribution in [1.82, 2.24) is 10.2 Å². The van der Waals surface area contributed by atoms with Crippen molar-refractivity contribution in [2.24, 2.45) is 0 Å². The van der Waals surface area contributed by atoms with Crippen molar-refractivity contribution in [1.29, 1.82) is 0 Å². The number of carbonyl (C=O) groups is 2. The van der Waals surface area contributed by atoms with Gasteiger partial charge in [0, 0.05) is 34.9 Å². The Morgan fingerprint density at radius 1 is 1.35 bits per heavy atom. The fourth-order valence-electron chi connectivity index (χ4n) is 2.39. The standard InChI is InChI=1S/C11H18N2O3S/c1-2-13-10(14)7-9(11(13)15)12-8-3-5-17(16)6-4-8/h8-9,12H,2-7H2,1H3. The normalized spacial score (nSPS) is 34.4. The summed E-state index contributed by atoms with van der Waals surface area (Å²) < 4.78 is 11.2. The van der Waals surface area contributed by atoms with Crippen molar-refractivity contribution >= 4 is 22.6 Å². The number of amides is 2. The molecule has 0 aromatic carbocycles. The Morgan fingerprint density at radius 3 is 2.53 bits per heavy atom. The Labute approximate surface area is 103 Å². The fourth-order valence-corrected chi connectivity index (χ4v) is 3.69. The molecule has 0 aromatic heterocycles. The minimum Gasteiger partial charge on any atom is -0.303 e. The highest BCUT2D eigenvalue weighted by Crippen LogP contribution is 2.16. The molecule has 1 atom stereocenters. The predicted octanol–water partition coefficient (Wildman–Crippen LogP) is -0.365. The SMILES string of the molecule is CCN1C(=O)CC(NC2CCS(=O)CC2)C1=O. The van der Waals surface area contributed by atoms with Gasteiger partial charge in [0.25, 0.3) is 0 Å². The van der Waals surface area contributed by atoms with Crippen molar-refractivity contribution in [2.75, 3.05) is 18.1 Å². The van der Waals surface area contributed by atoms with Crippen LogP contribution in [-0.2, 0) is 20.4 Å². The summed E-state index contributed by atoms with van der Waals surface area (Å²) in [4.78, 5) is 24.7. The largest absolute Gasteiger partial charge is 0.303 e. The molecule has 0 spiro atoms. The molecule has 2 aliphatic heterocycles. The van der Waals surface area contributed by atoms with E-state index in [0.717, 1.165) is 12.8 Å². The van der Waals surface area contributed by atoms with Gasteiger partial charge in [-0.25, -0.2) is 0 Å². The molecule has 2 aliphatic rings. The van der Waals surface area contributed by atoms with Gasteiger partial charge in [0.2, 0.25) is 11.8 Å². The van der Waals surface area contributed by atoms with E-state index in [0.29, 0.717) is 18.1 Å². The molecule has 0 saturated carbocycles. The number of hydrogen-bond acceptors (Lipinski definition) is 4. The van der Waals surface area contributed by atoms with E-state index in [1.54, 1.807) is 0 Å². The molecule has 2 amide bonds. The highest BCUT2D eigenvalue weighted by molar-refractivity contribution is 7.85. The van der Waals surface area contributed by atoms with Crippen LogP contribution in [0, 0.1) is 0 Å². The summed E-state index contributed by atoms with van der Waals surface area (Å²) in [5, 5.41) is 3.24. The quantitative estimate of drug-likeness (QED) is 0.702. The molecule has 1 unspecified atom stereocenters. The van der Waals surface area contributed by atoms with Gasteiger partial charge < -0.3 is 5.32 Å². The van der Waals surface area contributed by atoms with Crippen LogP contribution in [0.25, 0.3) is 0 Å². The molecule has 0 bridgehead atoms. The molecule has 2 rings (SSSR count). The Balaban J connectivity index is 1.90. The van der Waals surface area contributed by atoms with E-state index in [1.807, 2.05) is 6.92 Å². The van der Waals surface area contributed by atoms with Crippen LogP contribution in [-0.4, -0.2) is 51.1 Å². The average molecular weight is 258 g/mol. The Morgan fingerprint density at radius 2 is 2.00 bits per heavy atom. The summed E-state index contributed by atoms with van der Waals surface area (Å²) in [6.45, 7) is 2.26. The van der Waals surface area contributed by atoms with Gasteiger partial charge in [0.05, 0.1) is 12.5 Å². The first-order chi connectivity index (χ1) is 8.11. The monoisotopic (exact) mass is 258 g/mol. The van der Waals surface area contributed by atoms with Crippen molar-refractivity contribution in [3.63, 3.8) is 0 Å². The Bertz CT molecular complexity index is 349. The maximum atomic E-state index is 11.9. The van der Waals surface area contributed by atoms with Crippen molar-refractivity contribution in [3.8, 4) is 0 Å². The summed E-state index contributed by atoms with van der Waals surface area (Å²) in [6.07, 6.45) is 1.93. The molecule has 0 aromatic rings. The summed E-state index contributed by atoms with van der Waals surface area (Å²) in [5.41, 5.74) is 0. The van der Waals surface area contributed by atoms with Gasteiger partial charge >= 0.3 is 0 Å². The predicted molar refractivity (Wildman–Crippen MR) is 64.8 cm³/mol. The first-order valence-electron chi connectivity index (χ1n) is 6.07. The molecule has 2 heterocycles. The van der Waals surface area contributed by atoms with Crippen LogP contribution >= 0.6 is 0 Å². The van der Waals surface area contributed by atoms with Gasteiger partial charge in [0.1, 0.15) is 0 Å². The summed E-state index contributed by atoms with van der Waals surface area (Å²) in [5.74, 6) is 1.20. The average Bonchev–Trinajstić information content (AvgIpc) is 2.57. The van der Waals surface area contributed by atoms with E-state index in [4.69, 9.17) is 0 Å². The molecule has 96 valence electrons. The lowest BCUT2D eigenvalue weighted by Crippen LogP contribution is -2.46. The lowest BCUT2D eigenvalue weighted by molar-refractivity contribution is -0.138. The van der Waals surface area contributed by atoms with Crippen molar-refractivity contribution in [2.45, 2.75) is 38.3 Å². The summed E-state index contributed by atoms with van der Waals surface area (Å²) in [7, 11) is -0.691. The molecule has 5 nitrogen and oxygen atoms in total. The van der Waals surface area contributed by atoms with E-state index in [-0.39, 0.29) is 30.3 Å². The van der Waals surface area contributed by atoms with Gasteiger partial charge in [-0.3, -0.25) is 18.7 Å². The first-order valence-corrected chi connectivity index (χ1v) is 7.56. The van der Waals surface area contributed by atoms with Crippen LogP contribution in [0.1, 0.15) is 26.2 Å².